The van der Waals surface area contributed by atoms with Gasteiger partial charge in [-0.1, -0.05) is 13.3 Å². The second-order valence-electron chi connectivity index (χ2n) is 6.20. The van der Waals surface area contributed by atoms with E-state index in [1.165, 1.54) is 0 Å². The van der Waals surface area contributed by atoms with Crippen LogP contribution in [0.1, 0.15) is 35.9 Å². The van der Waals surface area contributed by atoms with Crippen LogP contribution in [0.2, 0.25) is 0 Å². The summed E-state index contributed by atoms with van der Waals surface area (Å²) >= 11 is 3.54. The lowest BCUT2D eigenvalue weighted by Gasteiger charge is -2.26. The molecular weight excluding hydrogens is 412 g/mol. The van der Waals surface area contributed by atoms with Crippen molar-refractivity contribution in [1.82, 2.24) is 0 Å². The lowest BCUT2D eigenvalue weighted by molar-refractivity contribution is 0.0500. The molecule has 2 aromatic rings. The molecule has 0 N–H and O–H groups in total. The maximum Gasteiger partial charge on any atom is 0.338 e. The first kappa shape index (κ1) is 19.6. The summed E-state index contributed by atoms with van der Waals surface area (Å²) in [5.41, 5.74) is 1.26. The highest BCUT2D eigenvalue weighted by Crippen LogP contribution is 2.30. The molecule has 0 aliphatic carbocycles. The number of furan rings is 1. The summed E-state index contributed by atoms with van der Waals surface area (Å²) in [6, 6.07) is 8.91. The molecule has 3 rings (SSSR count). The van der Waals surface area contributed by atoms with Crippen molar-refractivity contribution in [2.45, 2.75) is 19.8 Å². The zero-order chi connectivity index (χ0) is 19.1. The van der Waals surface area contributed by atoms with Gasteiger partial charge in [0.15, 0.2) is 0 Å². The van der Waals surface area contributed by atoms with Crippen LogP contribution in [0, 0.1) is 0 Å². The number of unbranched alkanes of at least 4 members (excludes halogenated alkanes) is 1. The number of carbonyl (C=O) groups is 1. The Bertz CT molecular complexity index is 780. The van der Waals surface area contributed by atoms with Gasteiger partial charge in [0.05, 0.1) is 41.8 Å². The molecule has 144 valence electrons. The first-order chi connectivity index (χ1) is 13.2. The number of halogens is 1. The Labute approximate surface area is 167 Å². The fourth-order valence-corrected chi connectivity index (χ4v) is 3.19. The quantitative estimate of drug-likeness (QED) is 0.362. The third kappa shape index (κ3) is 5.43. The molecule has 0 bridgehead atoms. The maximum absolute atomic E-state index is 11.9. The van der Waals surface area contributed by atoms with Crippen molar-refractivity contribution >= 4 is 39.7 Å². The van der Waals surface area contributed by atoms with Crippen LogP contribution in [-0.4, -0.2) is 45.1 Å². The fraction of sp³-hybridized carbons (Fsp3) is 0.400. The molecule has 0 saturated carbocycles. The Morgan fingerprint density at radius 2 is 2.04 bits per heavy atom. The second kappa shape index (κ2) is 9.71. The van der Waals surface area contributed by atoms with Gasteiger partial charge in [0, 0.05) is 19.2 Å². The average Bonchev–Trinajstić information content (AvgIpc) is 3.08. The van der Waals surface area contributed by atoms with E-state index in [2.05, 4.69) is 32.7 Å². The van der Waals surface area contributed by atoms with Crippen molar-refractivity contribution in [1.29, 1.82) is 0 Å². The predicted octanol–water partition coefficient (Wildman–Crippen LogP) is 4.59. The molecule has 0 atom stereocenters. The van der Waals surface area contributed by atoms with Crippen LogP contribution < -0.4 is 4.90 Å². The minimum Gasteiger partial charge on any atom is -0.462 e. The number of rotatable bonds is 7. The van der Waals surface area contributed by atoms with Gasteiger partial charge in [-0.15, -0.1) is 0 Å². The third-order valence-corrected chi connectivity index (χ3v) is 4.73. The highest BCUT2D eigenvalue weighted by Gasteiger charge is 2.18. The fourth-order valence-electron chi connectivity index (χ4n) is 2.64. The average molecular weight is 435 g/mol. The smallest absolute Gasteiger partial charge is 0.338 e. The molecule has 0 spiro atoms. The second-order valence-corrected chi connectivity index (χ2v) is 7.05. The van der Waals surface area contributed by atoms with Gasteiger partial charge < -0.3 is 18.8 Å². The number of anilines is 1. The molecule has 0 unspecified atom stereocenters. The molecule has 7 heteroatoms. The minimum absolute atomic E-state index is 0.302. The first-order valence-corrected chi connectivity index (χ1v) is 9.90. The molecular formula is C20H23BrN2O4. The first-order valence-electron chi connectivity index (χ1n) is 9.10. The lowest BCUT2D eigenvalue weighted by Crippen LogP contribution is -2.36. The number of hydrogen-bond donors (Lipinski definition) is 0. The Morgan fingerprint density at radius 1 is 1.30 bits per heavy atom. The molecule has 1 aromatic carbocycles. The number of benzene rings is 1. The van der Waals surface area contributed by atoms with Crippen LogP contribution >= 0.6 is 15.9 Å². The van der Waals surface area contributed by atoms with Gasteiger partial charge >= 0.3 is 5.97 Å². The molecule has 2 heterocycles. The highest BCUT2D eigenvalue weighted by atomic mass is 79.9. The summed E-state index contributed by atoms with van der Waals surface area (Å²) in [4.78, 5) is 18.5. The van der Waals surface area contributed by atoms with Crippen molar-refractivity contribution in [3.63, 3.8) is 0 Å². The van der Waals surface area contributed by atoms with E-state index in [9.17, 15) is 4.79 Å². The third-order valence-electron chi connectivity index (χ3n) is 4.16. The number of carbonyl (C=O) groups excluding carboxylic acids is 1. The summed E-state index contributed by atoms with van der Waals surface area (Å²) in [6.45, 7) is 5.51. The molecule has 6 nitrogen and oxygen atoms in total. The van der Waals surface area contributed by atoms with E-state index in [-0.39, 0.29) is 5.97 Å². The summed E-state index contributed by atoms with van der Waals surface area (Å²) in [5.74, 6) is 1.15. The zero-order valence-electron chi connectivity index (χ0n) is 15.3. The van der Waals surface area contributed by atoms with Crippen molar-refractivity contribution in [3.05, 3.63) is 46.1 Å². The van der Waals surface area contributed by atoms with E-state index in [0.717, 1.165) is 42.0 Å². The van der Waals surface area contributed by atoms with Gasteiger partial charge in [0.2, 0.25) is 5.88 Å². The molecule has 1 aliphatic rings. The van der Waals surface area contributed by atoms with Crippen LogP contribution in [0.4, 0.5) is 11.6 Å². The van der Waals surface area contributed by atoms with E-state index < -0.39 is 0 Å². The Balaban J connectivity index is 1.61. The Hall–Kier alpha value is -2.12. The van der Waals surface area contributed by atoms with Gasteiger partial charge in [-0.2, -0.15) is 0 Å². The SMILES string of the molecule is CCCCOC(=O)c1ccc(N=Cc2cc(Br)c(N3CCOCC3)o2)cc1. The Kier molecular flexibility index (Phi) is 7.06. The van der Waals surface area contributed by atoms with Crippen LogP contribution in [-0.2, 0) is 9.47 Å². The van der Waals surface area contributed by atoms with Crippen molar-refractivity contribution < 1.29 is 18.7 Å². The monoisotopic (exact) mass is 434 g/mol. The van der Waals surface area contributed by atoms with Crippen molar-refractivity contribution in [2.24, 2.45) is 4.99 Å². The predicted molar refractivity (Wildman–Crippen MR) is 108 cm³/mol. The van der Waals surface area contributed by atoms with E-state index in [1.54, 1.807) is 30.5 Å². The summed E-state index contributed by atoms with van der Waals surface area (Å²) in [5, 5.41) is 0. The molecule has 1 saturated heterocycles. The van der Waals surface area contributed by atoms with Crippen LogP contribution in [0.3, 0.4) is 0 Å². The van der Waals surface area contributed by atoms with Crippen LogP contribution in [0.25, 0.3) is 0 Å². The van der Waals surface area contributed by atoms with Crippen molar-refractivity contribution in [3.8, 4) is 0 Å². The largest absolute Gasteiger partial charge is 0.462 e. The molecule has 27 heavy (non-hydrogen) atoms. The number of esters is 1. The molecule has 0 amide bonds. The summed E-state index contributed by atoms with van der Waals surface area (Å²) in [7, 11) is 0. The van der Waals surface area contributed by atoms with Gasteiger partial charge in [0.25, 0.3) is 0 Å². The molecule has 1 aromatic heterocycles. The van der Waals surface area contributed by atoms with E-state index in [4.69, 9.17) is 13.9 Å². The van der Waals surface area contributed by atoms with Crippen LogP contribution in [0.5, 0.6) is 0 Å². The van der Waals surface area contributed by atoms with E-state index in [1.807, 2.05) is 6.07 Å². The molecule has 1 fully saturated rings. The van der Waals surface area contributed by atoms with Gasteiger partial charge in [0.1, 0.15) is 5.76 Å². The number of nitrogens with zero attached hydrogens (tertiary/aromatic N) is 2. The highest BCUT2D eigenvalue weighted by molar-refractivity contribution is 9.10. The topological polar surface area (TPSA) is 64.3 Å². The van der Waals surface area contributed by atoms with Crippen molar-refractivity contribution in [2.75, 3.05) is 37.8 Å². The summed E-state index contributed by atoms with van der Waals surface area (Å²) < 4.78 is 17.4. The Morgan fingerprint density at radius 3 is 2.74 bits per heavy atom. The number of aliphatic imine (C=N–C) groups is 1. The number of hydrogen-bond acceptors (Lipinski definition) is 6. The number of morpholine rings is 1. The molecule has 1 aliphatic heterocycles. The van der Waals surface area contributed by atoms with Gasteiger partial charge in [-0.05, 0) is 46.6 Å². The minimum atomic E-state index is -0.302. The standard InChI is InChI=1S/C20H23BrN2O4/c1-2-3-10-26-20(24)15-4-6-16(7-5-15)22-14-17-13-18(21)19(27-17)23-8-11-25-12-9-23/h4-7,13-14H,2-3,8-12H2,1H3. The molecule has 0 radical (unpaired) electrons. The van der Waals surface area contributed by atoms with Gasteiger partial charge in [-0.3, -0.25) is 4.99 Å². The van der Waals surface area contributed by atoms with E-state index >= 15 is 0 Å². The number of ether oxygens (including phenoxy) is 2. The normalized spacial score (nSPS) is 14.7. The zero-order valence-corrected chi connectivity index (χ0v) is 16.9. The maximum atomic E-state index is 11.9. The van der Waals surface area contributed by atoms with Crippen LogP contribution in [0.15, 0.2) is 44.2 Å². The van der Waals surface area contributed by atoms with Gasteiger partial charge in [-0.25, -0.2) is 4.79 Å². The van der Waals surface area contributed by atoms with E-state index in [0.29, 0.717) is 31.1 Å². The summed E-state index contributed by atoms with van der Waals surface area (Å²) in [6.07, 6.45) is 3.54. The lowest BCUT2D eigenvalue weighted by atomic mass is 10.2.